The van der Waals surface area contributed by atoms with E-state index in [9.17, 15) is 17.6 Å². The number of thioether (sulfide) groups is 1. The van der Waals surface area contributed by atoms with E-state index in [1.807, 2.05) is 10.7 Å². The molecule has 3 rings (SSSR count). The van der Waals surface area contributed by atoms with Crippen molar-refractivity contribution < 1.29 is 17.6 Å². The fourth-order valence-corrected chi connectivity index (χ4v) is 4.63. The van der Waals surface area contributed by atoms with Crippen LogP contribution in [0.15, 0.2) is 65.1 Å². The Morgan fingerprint density at radius 1 is 1.27 bits per heavy atom. The molecule has 2 aromatic rings. The molecule has 1 atom stereocenters. The van der Waals surface area contributed by atoms with Gasteiger partial charge in [-0.15, -0.1) is 11.8 Å². The van der Waals surface area contributed by atoms with Gasteiger partial charge in [-0.1, -0.05) is 25.2 Å². The molecule has 0 saturated heterocycles. The molecule has 1 aliphatic heterocycles. The quantitative estimate of drug-likeness (QED) is 0.344. The lowest BCUT2D eigenvalue weighted by Gasteiger charge is -2.23. The predicted octanol–water partition coefficient (Wildman–Crippen LogP) is 7.51. The summed E-state index contributed by atoms with van der Waals surface area (Å²) in [6, 6.07) is 8.23. The minimum absolute atomic E-state index is 0.116. The van der Waals surface area contributed by atoms with Crippen molar-refractivity contribution in [3.8, 4) is 0 Å². The Morgan fingerprint density at radius 2 is 2.00 bits per heavy atom. The maximum atomic E-state index is 13.4. The average molecular weight is 437 g/mol. The molecule has 2 nitrogen and oxygen atoms in total. The smallest absolute Gasteiger partial charge is 0.268 e. The number of aryl methyl sites for hydroxylation is 1. The Kier molecular flexibility index (Phi) is 7.23. The fraction of sp³-hybridized carbons (Fsp3) is 0.348. The number of rotatable bonds is 6. The summed E-state index contributed by atoms with van der Waals surface area (Å²) in [7, 11) is 0. The summed E-state index contributed by atoms with van der Waals surface area (Å²) in [5.41, 5.74) is 1.28. The van der Waals surface area contributed by atoms with Crippen LogP contribution in [0, 0.1) is 5.82 Å². The van der Waals surface area contributed by atoms with Crippen molar-refractivity contribution in [2.24, 2.45) is 0 Å². The minimum Gasteiger partial charge on any atom is -0.268 e. The SMILES string of the molecule is C\C=C/C(=C\C(=C\CC)C(F)(F)F)c1cc2n(n1)CCCC2Sc1ccc(F)cc1. The molecule has 1 unspecified atom stereocenters. The molecular weight excluding hydrogens is 412 g/mol. The van der Waals surface area contributed by atoms with Crippen molar-refractivity contribution >= 4 is 17.3 Å². The molecule has 0 spiro atoms. The van der Waals surface area contributed by atoms with E-state index in [0.29, 0.717) is 17.7 Å². The molecule has 30 heavy (non-hydrogen) atoms. The zero-order valence-corrected chi connectivity index (χ0v) is 17.7. The molecular formula is C23H24F4N2S. The first-order chi connectivity index (χ1) is 14.3. The molecule has 0 bridgehead atoms. The van der Waals surface area contributed by atoms with Gasteiger partial charge in [-0.2, -0.15) is 18.3 Å². The molecule has 0 N–H and O–H groups in total. The molecule has 0 radical (unpaired) electrons. The van der Waals surface area contributed by atoms with Gasteiger partial charge in [0.05, 0.1) is 22.2 Å². The molecule has 0 fully saturated rings. The highest BCUT2D eigenvalue weighted by Crippen LogP contribution is 2.42. The molecule has 2 heterocycles. The third-order valence-corrected chi connectivity index (χ3v) is 6.08. The van der Waals surface area contributed by atoms with Crippen LogP contribution in [0.25, 0.3) is 5.57 Å². The lowest BCUT2D eigenvalue weighted by molar-refractivity contribution is -0.0883. The van der Waals surface area contributed by atoms with Gasteiger partial charge in [0, 0.05) is 17.0 Å². The van der Waals surface area contributed by atoms with E-state index in [2.05, 4.69) is 5.10 Å². The second-order valence-electron chi connectivity index (χ2n) is 7.05. The lowest BCUT2D eigenvalue weighted by Crippen LogP contribution is -2.14. The number of nitrogens with zero attached hydrogens (tertiary/aromatic N) is 2. The molecule has 1 aliphatic rings. The third kappa shape index (κ3) is 5.45. The van der Waals surface area contributed by atoms with E-state index in [1.54, 1.807) is 49.9 Å². The summed E-state index contributed by atoms with van der Waals surface area (Å²) < 4.78 is 55.2. The largest absolute Gasteiger partial charge is 0.416 e. The monoisotopic (exact) mass is 436 g/mol. The van der Waals surface area contributed by atoms with Crippen LogP contribution in [0.5, 0.6) is 0 Å². The molecule has 1 aromatic heterocycles. The topological polar surface area (TPSA) is 17.8 Å². The van der Waals surface area contributed by atoms with E-state index < -0.39 is 11.7 Å². The number of hydrogen-bond donors (Lipinski definition) is 0. The number of halogens is 4. The standard InChI is InChI=1S/C23H24F4N2S/c1-3-6-16(14-17(7-4-2)23(25,26)27)20-15-21-22(8-5-13-29(21)28-20)30-19-11-9-18(24)10-12-19/h3,6-7,9-12,14-15,22H,4-5,8,13H2,1-2H3/b6-3-,16-14+,17-7-. The van der Waals surface area contributed by atoms with Crippen molar-refractivity contribution in [3.63, 3.8) is 0 Å². The summed E-state index contributed by atoms with van der Waals surface area (Å²) in [5, 5.41) is 4.72. The van der Waals surface area contributed by atoms with Crippen LogP contribution in [0.3, 0.4) is 0 Å². The van der Waals surface area contributed by atoms with Crippen LogP contribution < -0.4 is 0 Å². The Hall–Kier alpha value is -2.28. The highest BCUT2D eigenvalue weighted by Gasteiger charge is 2.32. The second-order valence-corrected chi connectivity index (χ2v) is 8.32. The minimum atomic E-state index is -4.41. The zero-order chi connectivity index (χ0) is 21.7. The number of alkyl halides is 3. The first-order valence-corrected chi connectivity index (χ1v) is 10.8. The maximum absolute atomic E-state index is 13.4. The van der Waals surface area contributed by atoms with Crippen LogP contribution in [0.1, 0.15) is 49.7 Å². The molecule has 0 amide bonds. The number of allylic oxidation sites excluding steroid dienone is 6. The third-order valence-electron chi connectivity index (χ3n) is 4.77. The summed E-state index contributed by atoms with van der Waals surface area (Å²) in [4.78, 5) is 0.951. The zero-order valence-electron chi connectivity index (χ0n) is 16.9. The first-order valence-electron chi connectivity index (χ1n) is 9.94. The number of aromatic nitrogens is 2. The number of fused-ring (bicyclic) bond motifs is 1. The van der Waals surface area contributed by atoms with Gasteiger partial charge in [-0.25, -0.2) is 4.39 Å². The summed E-state index contributed by atoms with van der Waals surface area (Å²) >= 11 is 1.62. The highest BCUT2D eigenvalue weighted by molar-refractivity contribution is 7.99. The van der Waals surface area contributed by atoms with Crippen LogP contribution in [0.2, 0.25) is 0 Å². The fourth-order valence-electron chi connectivity index (χ4n) is 3.41. The maximum Gasteiger partial charge on any atom is 0.416 e. The second kappa shape index (κ2) is 9.69. The molecule has 1 aromatic carbocycles. The van der Waals surface area contributed by atoms with Crippen LogP contribution in [0.4, 0.5) is 17.6 Å². The van der Waals surface area contributed by atoms with E-state index in [0.717, 1.165) is 30.0 Å². The van der Waals surface area contributed by atoms with Gasteiger partial charge in [-0.05, 0) is 62.6 Å². The van der Waals surface area contributed by atoms with Gasteiger partial charge >= 0.3 is 6.18 Å². The number of benzene rings is 1. The van der Waals surface area contributed by atoms with Crippen molar-refractivity contribution in [1.29, 1.82) is 0 Å². The number of hydrogen-bond acceptors (Lipinski definition) is 2. The predicted molar refractivity (Wildman–Crippen MR) is 114 cm³/mol. The van der Waals surface area contributed by atoms with Crippen LogP contribution >= 0.6 is 11.8 Å². The van der Waals surface area contributed by atoms with Gasteiger partial charge < -0.3 is 0 Å². The summed E-state index contributed by atoms with van der Waals surface area (Å²) in [5.74, 6) is -0.281. The van der Waals surface area contributed by atoms with Crippen LogP contribution in [-0.2, 0) is 6.54 Å². The Morgan fingerprint density at radius 3 is 2.63 bits per heavy atom. The highest BCUT2D eigenvalue weighted by atomic mass is 32.2. The van der Waals surface area contributed by atoms with Gasteiger partial charge in [-0.3, -0.25) is 4.68 Å². The van der Waals surface area contributed by atoms with Crippen molar-refractivity contribution in [2.75, 3.05) is 0 Å². The van der Waals surface area contributed by atoms with Crippen molar-refractivity contribution in [1.82, 2.24) is 9.78 Å². The Labute approximate surface area is 178 Å². The summed E-state index contributed by atoms with van der Waals surface area (Å²) in [6.45, 7) is 4.19. The lowest BCUT2D eigenvalue weighted by atomic mass is 10.0. The molecule has 7 heteroatoms. The van der Waals surface area contributed by atoms with E-state index >= 15 is 0 Å². The van der Waals surface area contributed by atoms with E-state index in [4.69, 9.17) is 0 Å². The Balaban J connectivity index is 1.95. The van der Waals surface area contributed by atoms with Crippen molar-refractivity contribution in [3.05, 3.63) is 77.4 Å². The van der Waals surface area contributed by atoms with Gasteiger partial charge in [0.1, 0.15) is 5.82 Å². The first kappa shape index (κ1) is 22.4. The molecule has 0 aliphatic carbocycles. The van der Waals surface area contributed by atoms with Gasteiger partial charge in [0.25, 0.3) is 0 Å². The normalized spacial score (nSPS) is 18.1. The van der Waals surface area contributed by atoms with E-state index in [1.165, 1.54) is 24.3 Å². The van der Waals surface area contributed by atoms with E-state index in [-0.39, 0.29) is 11.1 Å². The Bertz CT molecular complexity index is 953. The molecule has 160 valence electrons. The van der Waals surface area contributed by atoms with Crippen LogP contribution in [-0.4, -0.2) is 16.0 Å². The van der Waals surface area contributed by atoms with Crippen molar-refractivity contribution in [2.45, 2.75) is 56.0 Å². The summed E-state index contributed by atoms with van der Waals surface area (Å²) in [6.07, 6.45) is 3.47. The average Bonchev–Trinajstić information content (AvgIpc) is 3.13. The van der Waals surface area contributed by atoms with Gasteiger partial charge in [0.2, 0.25) is 0 Å². The van der Waals surface area contributed by atoms with Gasteiger partial charge in [0.15, 0.2) is 0 Å². The molecule has 0 saturated carbocycles.